The zero-order valence-corrected chi connectivity index (χ0v) is 16.2. The number of hydrogen-bond donors (Lipinski definition) is 2. The van der Waals surface area contributed by atoms with E-state index in [2.05, 4.69) is 10.6 Å². The molecule has 0 radical (unpaired) electrons. The Kier molecular flexibility index (Phi) is 6.15. The van der Waals surface area contributed by atoms with E-state index in [1.54, 1.807) is 25.2 Å². The fraction of sp³-hybridized carbons (Fsp3) is 0.364. The second-order valence-corrected chi connectivity index (χ2v) is 7.23. The van der Waals surface area contributed by atoms with Crippen LogP contribution in [-0.4, -0.2) is 18.9 Å². The largest absolute Gasteiger partial charge is 0.416 e. The van der Waals surface area contributed by atoms with Crippen LogP contribution in [0, 0.1) is 11.7 Å². The predicted octanol–water partition coefficient (Wildman–Crippen LogP) is 6.27. The minimum Gasteiger partial charge on any atom is -0.381 e. The van der Waals surface area contributed by atoms with E-state index in [0.29, 0.717) is 24.1 Å². The molecule has 2 heterocycles. The molecule has 0 amide bonds. The molecule has 156 valence electrons. The van der Waals surface area contributed by atoms with E-state index < -0.39 is 36.2 Å². The maximum Gasteiger partial charge on any atom is 0.416 e. The van der Waals surface area contributed by atoms with Crippen LogP contribution in [0.25, 0.3) is 6.08 Å². The Labute approximate surface area is 166 Å². The number of fused-ring (bicyclic) bond motifs is 2. The first kappa shape index (κ1) is 21.1. The monoisotopic (exact) mass is 410 g/mol. The molecule has 0 fully saturated rings. The first-order valence-electron chi connectivity index (χ1n) is 9.42. The minimum absolute atomic E-state index is 0.0251. The van der Waals surface area contributed by atoms with Crippen LogP contribution in [0.5, 0.6) is 0 Å². The van der Waals surface area contributed by atoms with Gasteiger partial charge >= 0.3 is 6.18 Å². The van der Waals surface area contributed by atoms with Gasteiger partial charge in [0.05, 0.1) is 11.6 Å². The van der Waals surface area contributed by atoms with Gasteiger partial charge in [0.1, 0.15) is 12.5 Å². The Bertz CT molecular complexity index is 893. The molecule has 2 aliphatic rings. The SMILES string of the molecule is CC1=C(CC/C=C\CF)NC2/C(C(F)(F)F)=C(\C)Nc3ccc(F)cc3/C=C/C12. The van der Waals surface area contributed by atoms with Gasteiger partial charge in [0, 0.05) is 28.6 Å². The lowest BCUT2D eigenvalue weighted by molar-refractivity contribution is -0.0976. The summed E-state index contributed by atoms with van der Waals surface area (Å²) in [5.74, 6) is -0.987. The summed E-state index contributed by atoms with van der Waals surface area (Å²) in [4.78, 5) is 0. The molecule has 0 aromatic heterocycles. The lowest BCUT2D eigenvalue weighted by atomic mass is 9.88. The summed E-state index contributed by atoms with van der Waals surface area (Å²) in [6.07, 6.45) is 2.90. The third-order valence-electron chi connectivity index (χ3n) is 5.32. The normalized spacial score (nSPS) is 25.6. The highest BCUT2D eigenvalue weighted by atomic mass is 19.4. The molecular weight excluding hydrogens is 387 g/mol. The van der Waals surface area contributed by atoms with Gasteiger partial charge in [-0.1, -0.05) is 24.3 Å². The van der Waals surface area contributed by atoms with E-state index in [9.17, 15) is 22.0 Å². The van der Waals surface area contributed by atoms with Crippen LogP contribution in [0.2, 0.25) is 0 Å². The number of halogens is 5. The summed E-state index contributed by atoms with van der Waals surface area (Å²) in [6.45, 7) is 2.62. The standard InChI is InChI=1S/C22H23F5N2/c1-13-17-9-7-15-12-16(24)8-10-19(15)28-14(2)20(22(25,26)27)21(17)29-18(13)6-4-3-5-11-23/h3,5,7-10,12,17,21,28-29H,4,6,11H2,1-2H3/b5-3-,9-7+,20-14-. The van der Waals surface area contributed by atoms with Crippen molar-refractivity contribution in [1.82, 2.24) is 5.32 Å². The predicted molar refractivity (Wildman–Crippen MR) is 105 cm³/mol. The van der Waals surface area contributed by atoms with Crippen LogP contribution < -0.4 is 10.6 Å². The number of rotatable bonds is 4. The van der Waals surface area contributed by atoms with Crippen molar-refractivity contribution in [1.29, 1.82) is 0 Å². The second-order valence-electron chi connectivity index (χ2n) is 7.23. The summed E-state index contributed by atoms with van der Waals surface area (Å²) >= 11 is 0. The van der Waals surface area contributed by atoms with Crippen LogP contribution in [-0.2, 0) is 0 Å². The average Bonchev–Trinajstić information content (AvgIpc) is 2.95. The molecule has 7 heteroatoms. The highest BCUT2D eigenvalue weighted by Gasteiger charge is 2.46. The molecule has 0 spiro atoms. The molecule has 2 atom stereocenters. The molecule has 2 nitrogen and oxygen atoms in total. The summed E-state index contributed by atoms with van der Waals surface area (Å²) in [7, 11) is 0. The molecule has 3 rings (SSSR count). The molecule has 0 aliphatic carbocycles. The molecule has 1 aromatic rings. The molecule has 0 bridgehead atoms. The van der Waals surface area contributed by atoms with Crippen molar-refractivity contribution in [2.24, 2.45) is 5.92 Å². The fourth-order valence-corrected chi connectivity index (χ4v) is 3.91. The summed E-state index contributed by atoms with van der Waals surface area (Å²) in [5, 5.41) is 5.87. The quantitative estimate of drug-likeness (QED) is 0.452. The molecule has 1 aromatic carbocycles. The summed E-state index contributed by atoms with van der Waals surface area (Å²) in [6, 6.07) is 2.96. The van der Waals surface area contributed by atoms with E-state index in [0.717, 1.165) is 11.3 Å². The van der Waals surface area contributed by atoms with Crippen LogP contribution in [0.4, 0.5) is 27.6 Å². The number of hydrogen-bond acceptors (Lipinski definition) is 2. The van der Waals surface area contributed by atoms with Crippen LogP contribution in [0.15, 0.2) is 59.0 Å². The molecule has 0 saturated heterocycles. The lowest BCUT2D eigenvalue weighted by Crippen LogP contribution is -2.38. The van der Waals surface area contributed by atoms with E-state index in [1.807, 2.05) is 0 Å². The van der Waals surface area contributed by atoms with Crippen molar-refractivity contribution >= 4 is 11.8 Å². The van der Waals surface area contributed by atoms with Crippen molar-refractivity contribution in [3.63, 3.8) is 0 Å². The van der Waals surface area contributed by atoms with Crippen LogP contribution in [0.3, 0.4) is 0 Å². The second kappa shape index (κ2) is 8.43. The smallest absolute Gasteiger partial charge is 0.381 e. The Morgan fingerprint density at radius 3 is 2.59 bits per heavy atom. The highest BCUT2D eigenvalue weighted by molar-refractivity contribution is 5.70. The van der Waals surface area contributed by atoms with Gasteiger partial charge in [0.25, 0.3) is 0 Å². The number of alkyl halides is 4. The van der Waals surface area contributed by atoms with Crippen molar-refractivity contribution in [3.05, 3.63) is 70.3 Å². The molecule has 0 saturated carbocycles. The van der Waals surface area contributed by atoms with Gasteiger partial charge in [0.15, 0.2) is 0 Å². The van der Waals surface area contributed by atoms with Crippen molar-refractivity contribution in [3.8, 4) is 0 Å². The van der Waals surface area contributed by atoms with Crippen molar-refractivity contribution in [2.45, 2.75) is 38.9 Å². The molecule has 2 unspecified atom stereocenters. The maximum absolute atomic E-state index is 14.0. The molecule has 2 N–H and O–H groups in total. The van der Waals surface area contributed by atoms with Crippen LogP contribution in [0.1, 0.15) is 32.3 Å². The summed E-state index contributed by atoms with van der Waals surface area (Å²) in [5.41, 5.74) is 1.72. The number of allylic oxidation sites excluding steroid dienone is 4. The first-order chi connectivity index (χ1) is 13.7. The van der Waals surface area contributed by atoms with Crippen LogP contribution >= 0.6 is 0 Å². The highest BCUT2D eigenvalue weighted by Crippen LogP contribution is 2.42. The number of nitrogens with one attached hydrogen (secondary N) is 2. The van der Waals surface area contributed by atoms with Crippen molar-refractivity contribution in [2.75, 3.05) is 12.0 Å². The van der Waals surface area contributed by atoms with Gasteiger partial charge in [-0.05, 0) is 50.5 Å². The number of anilines is 1. The van der Waals surface area contributed by atoms with Gasteiger partial charge in [-0.3, -0.25) is 0 Å². The topological polar surface area (TPSA) is 24.1 Å². The van der Waals surface area contributed by atoms with Gasteiger partial charge < -0.3 is 10.6 Å². The minimum atomic E-state index is -4.55. The van der Waals surface area contributed by atoms with E-state index in [4.69, 9.17) is 0 Å². The third kappa shape index (κ3) is 4.54. The zero-order valence-electron chi connectivity index (χ0n) is 16.2. The Morgan fingerprint density at radius 2 is 1.90 bits per heavy atom. The van der Waals surface area contributed by atoms with Crippen molar-refractivity contribution < 1.29 is 22.0 Å². The van der Waals surface area contributed by atoms with Gasteiger partial charge in [-0.15, -0.1) is 0 Å². The van der Waals surface area contributed by atoms with Gasteiger partial charge in [-0.2, -0.15) is 13.2 Å². The number of benzene rings is 1. The maximum atomic E-state index is 14.0. The Balaban J connectivity index is 2.06. The van der Waals surface area contributed by atoms with E-state index in [1.165, 1.54) is 31.2 Å². The Morgan fingerprint density at radius 1 is 1.14 bits per heavy atom. The third-order valence-corrected chi connectivity index (χ3v) is 5.32. The van der Waals surface area contributed by atoms with E-state index >= 15 is 0 Å². The average molecular weight is 410 g/mol. The molecular formula is C22H23F5N2. The first-order valence-corrected chi connectivity index (χ1v) is 9.42. The van der Waals surface area contributed by atoms with Gasteiger partial charge in [-0.25, -0.2) is 8.78 Å². The molecule has 2 aliphatic heterocycles. The molecule has 29 heavy (non-hydrogen) atoms. The Hall–Kier alpha value is -2.57. The van der Waals surface area contributed by atoms with E-state index in [-0.39, 0.29) is 5.70 Å². The van der Waals surface area contributed by atoms with Gasteiger partial charge in [0.2, 0.25) is 0 Å². The fourth-order valence-electron chi connectivity index (χ4n) is 3.91. The lowest BCUT2D eigenvalue weighted by Gasteiger charge is -2.26. The summed E-state index contributed by atoms with van der Waals surface area (Å²) < 4.78 is 68.0. The zero-order chi connectivity index (χ0) is 21.2.